The summed E-state index contributed by atoms with van der Waals surface area (Å²) in [5.41, 5.74) is 3.41. The summed E-state index contributed by atoms with van der Waals surface area (Å²) in [6.45, 7) is 13.8. The van der Waals surface area contributed by atoms with Gasteiger partial charge in [0, 0.05) is 31.9 Å². The fourth-order valence-electron chi connectivity index (χ4n) is 5.13. The Balaban J connectivity index is 1.95. The van der Waals surface area contributed by atoms with Crippen LogP contribution < -0.4 is 10.2 Å². The normalized spacial score (nSPS) is 24.6. The molecule has 3 rings (SSSR count). The molecule has 128 valence electrons. The molecule has 0 amide bonds. The molecule has 1 aromatic rings. The van der Waals surface area contributed by atoms with Crippen LogP contribution in [0, 0.1) is 10.8 Å². The average Bonchev–Trinajstić information content (AvgIpc) is 2.45. The van der Waals surface area contributed by atoms with Crippen molar-refractivity contribution in [2.45, 2.75) is 52.9 Å². The highest BCUT2D eigenvalue weighted by molar-refractivity contribution is 5.58. The number of nitrogens with zero attached hydrogens (tertiary/aromatic N) is 1. The molecule has 2 N–H and O–H groups in total. The van der Waals surface area contributed by atoms with E-state index >= 15 is 0 Å². The minimum absolute atomic E-state index is 0.360. The lowest BCUT2D eigenvalue weighted by Gasteiger charge is -2.46. The molecule has 0 unspecified atom stereocenters. The lowest BCUT2D eigenvalue weighted by molar-refractivity contribution is 0.0969. The number of hydrogen-bond acceptors (Lipinski definition) is 3. The Labute approximate surface area is 141 Å². The molecular formula is C20H32N2O. The Morgan fingerprint density at radius 2 is 1.65 bits per heavy atom. The zero-order valence-corrected chi connectivity index (χ0v) is 15.2. The number of hydrogen-bond donors (Lipinski definition) is 2. The molecule has 1 saturated carbocycles. The van der Waals surface area contributed by atoms with Crippen molar-refractivity contribution in [1.29, 1.82) is 0 Å². The van der Waals surface area contributed by atoms with Crippen molar-refractivity contribution in [3.63, 3.8) is 0 Å². The molecule has 2 aliphatic rings. The van der Waals surface area contributed by atoms with Crippen molar-refractivity contribution in [1.82, 2.24) is 5.32 Å². The van der Waals surface area contributed by atoms with E-state index in [1.807, 2.05) is 12.1 Å². The maximum atomic E-state index is 10.1. The molecule has 1 aromatic carbocycles. The van der Waals surface area contributed by atoms with Gasteiger partial charge in [-0.05, 0) is 59.8 Å². The van der Waals surface area contributed by atoms with Crippen LogP contribution in [0.3, 0.4) is 0 Å². The van der Waals surface area contributed by atoms with Gasteiger partial charge in [0.1, 0.15) is 5.75 Å². The van der Waals surface area contributed by atoms with Gasteiger partial charge in [0.2, 0.25) is 0 Å². The lowest BCUT2D eigenvalue weighted by atomic mass is 9.60. The summed E-state index contributed by atoms with van der Waals surface area (Å²) in [5.74, 6) is 0.936. The summed E-state index contributed by atoms with van der Waals surface area (Å²) in [5, 5.41) is 13.5. The summed E-state index contributed by atoms with van der Waals surface area (Å²) < 4.78 is 0. The molecule has 3 heteroatoms. The van der Waals surface area contributed by atoms with Gasteiger partial charge in [0.25, 0.3) is 0 Å². The molecule has 1 heterocycles. The first-order valence-corrected chi connectivity index (χ1v) is 9.04. The predicted octanol–water partition coefficient (Wildman–Crippen LogP) is 4.12. The highest BCUT2D eigenvalue weighted by Crippen LogP contribution is 2.53. The second-order valence-electron chi connectivity index (χ2n) is 9.09. The van der Waals surface area contributed by atoms with E-state index in [2.05, 4.69) is 44.0 Å². The predicted molar refractivity (Wildman–Crippen MR) is 97.3 cm³/mol. The monoisotopic (exact) mass is 316 g/mol. The van der Waals surface area contributed by atoms with Crippen LogP contribution in [-0.4, -0.2) is 31.3 Å². The first-order valence-electron chi connectivity index (χ1n) is 9.04. The van der Waals surface area contributed by atoms with E-state index in [-0.39, 0.29) is 0 Å². The molecule has 1 saturated heterocycles. The number of anilines is 1. The van der Waals surface area contributed by atoms with Crippen LogP contribution >= 0.6 is 0 Å². The third-order valence-corrected chi connectivity index (χ3v) is 5.46. The molecule has 0 radical (unpaired) electrons. The third-order valence-electron chi connectivity index (χ3n) is 5.46. The molecule has 1 aliphatic heterocycles. The molecule has 0 aromatic heterocycles. The van der Waals surface area contributed by atoms with Crippen molar-refractivity contribution >= 4 is 5.69 Å². The average molecular weight is 316 g/mol. The van der Waals surface area contributed by atoms with Gasteiger partial charge in [0.15, 0.2) is 0 Å². The minimum atomic E-state index is 0.360. The molecule has 0 spiro atoms. The van der Waals surface area contributed by atoms with Gasteiger partial charge in [-0.1, -0.05) is 27.7 Å². The van der Waals surface area contributed by atoms with Gasteiger partial charge < -0.3 is 15.3 Å². The largest absolute Gasteiger partial charge is 0.508 e. The van der Waals surface area contributed by atoms with E-state index in [4.69, 9.17) is 0 Å². The van der Waals surface area contributed by atoms with Crippen molar-refractivity contribution in [2.24, 2.45) is 10.8 Å². The van der Waals surface area contributed by atoms with Gasteiger partial charge in [-0.25, -0.2) is 0 Å². The van der Waals surface area contributed by atoms with Gasteiger partial charge in [-0.15, -0.1) is 0 Å². The SMILES string of the molecule is CC1(C)CC(c2cc(O)ccc2N2CCNCC2)CC(C)(C)C1. The Bertz CT molecular complexity index is 543. The standard InChI is InChI=1S/C20H32N2O/c1-19(2)12-15(13-20(3,4)14-19)17-11-16(23)5-6-18(17)22-9-7-21-8-10-22/h5-6,11,15,21,23H,7-10,12-14H2,1-4H3. The van der Waals surface area contributed by atoms with Crippen LogP contribution in [0.25, 0.3) is 0 Å². The van der Waals surface area contributed by atoms with Crippen LogP contribution in [0.1, 0.15) is 58.4 Å². The smallest absolute Gasteiger partial charge is 0.116 e. The van der Waals surface area contributed by atoms with Crippen molar-refractivity contribution < 1.29 is 5.11 Å². The second kappa shape index (κ2) is 6.01. The van der Waals surface area contributed by atoms with Gasteiger partial charge in [-0.2, -0.15) is 0 Å². The third kappa shape index (κ3) is 3.82. The molecule has 0 atom stereocenters. The highest BCUT2D eigenvalue weighted by atomic mass is 16.3. The summed E-state index contributed by atoms with van der Waals surface area (Å²) in [7, 11) is 0. The van der Waals surface area contributed by atoms with Crippen LogP contribution in [-0.2, 0) is 0 Å². The van der Waals surface area contributed by atoms with Crippen LogP contribution in [0.15, 0.2) is 18.2 Å². The van der Waals surface area contributed by atoms with Crippen LogP contribution in [0.5, 0.6) is 5.75 Å². The number of phenolic OH excluding ortho intramolecular Hbond substituents is 1. The highest BCUT2D eigenvalue weighted by Gasteiger charge is 2.40. The number of benzene rings is 1. The summed E-state index contributed by atoms with van der Waals surface area (Å²) >= 11 is 0. The molecule has 23 heavy (non-hydrogen) atoms. The van der Waals surface area contributed by atoms with Crippen LogP contribution in [0.2, 0.25) is 0 Å². The zero-order chi connectivity index (χ0) is 16.7. The van der Waals surface area contributed by atoms with Crippen molar-refractivity contribution in [3.05, 3.63) is 23.8 Å². The minimum Gasteiger partial charge on any atom is -0.508 e. The van der Waals surface area contributed by atoms with Crippen molar-refractivity contribution in [3.8, 4) is 5.75 Å². The fraction of sp³-hybridized carbons (Fsp3) is 0.700. The maximum absolute atomic E-state index is 10.1. The van der Waals surface area contributed by atoms with Gasteiger partial charge in [-0.3, -0.25) is 0 Å². The van der Waals surface area contributed by atoms with Crippen LogP contribution in [0.4, 0.5) is 5.69 Å². The number of aromatic hydroxyl groups is 1. The molecule has 0 bridgehead atoms. The molecular weight excluding hydrogens is 284 g/mol. The summed E-state index contributed by atoms with van der Waals surface area (Å²) in [6, 6.07) is 6.00. The quantitative estimate of drug-likeness (QED) is 0.861. The Kier molecular flexibility index (Phi) is 4.35. The molecule has 2 fully saturated rings. The second-order valence-corrected chi connectivity index (χ2v) is 9.09. The van der Waals surface area contributed by atoms with Crippen molar-refractivity contribution in [2.75, 3.05) is 31.1 Å². The van der Waals surface area contributed by atoms with Gasteiger partial charge >= 0.3 is 0 Å². The summed E-state index contributed by atoms with van der Waals surface area (Å²) in [6.07, 6.45) is 3.69. The molecule has 3 nitrogen and oxygen atoms in total. The Morgan fingerprint density at radius 1 is 1.04 bits per heavy atom. The first kappa shape index (κ1) is 16.6. The van der Waals surface area contributed by atoms with E-state index in [0.29, 0.717) is 22.5 Å². The number of piperazine rings is 1. The number of nitrogens with one attached hydrogen (secondary N) is 1. The van der Waals surface area contributed by atoms with Gasteiger partial charge in [0.05, 0.1) is 0 Å². The van der Waals surface area contributed by atoms with E-state index in [0.717, 1.165) is 26.2 Å². The number of rotatable bonds is 2. The Morgan fingerprint density at radius 3 is 2.26 bits per heavy atom. The Hall–Kier alpha value is -1.22. The zero-order valence-electron chi connectivity index (χ0n) is 15.2. The summed E-state index contributed by atoms with van der Waals surface area (Å²) in [4.78, 5) is 2.49. The van der Waals surface area contributed by atoms with E-state index in [1.54, 1.807) is 0 Å². The van der Waals surface area contributed by atoms with E-state index < -0.39 is 0 Å². The molecule has 1 aliphatic carbocycles. The first-order chi connectivity index (χ1) is 10.8. The topological polar surface area (TPSA) is 35.5 Å². The van der Waals surface area contributed by atoms with E-state index in [9.17, 15) is 5.11 Å². The number of phenols is 1. The van der Waals surface area contributed by atoms with E-state index in [1.165, 1.54) is 30.5 Å². The lowest BCUT2D eigenvalue weighted by Crippen LogP contribution is -2.44. The maximum Gasteiger partial charge on any atom is 0.116 e. The fourth-order valence-corrected chi connectivity index (χ4v) is 5.13.